The van der Waals surface area contributed by atoms with Gasteiger partial charge in [-0.3, -0.25) is 14.9 Å². The predicted molar refractivity (Wildman–Crippen MR) is 83.9 cm³/mol. The van der Waals surface area contributed by atoms with E-state index in [1.165, 1.54) is 30.3 Å². The molecule has 7 nitrogen and oxygen atoms in total. The molecule has 0 saturated carbocycles. The number of carbonyl (C=O) groups is 3. The number of imide groups is 1. The monoisotopic (exact) mass is 365 g/mol. The number of esters is 1. The molecule has 0 radical (unpaired) electrons. The molecule has 2 rings (SSSR count). The fourth-order valence-electron chi connectivity index (χ4n) is 1.87. The third kappa shape index (κ3) is 5.55. The van der Waals surface area contributed by atoms with E-state index < -0.39 is 31.0 Å². The second-order valence-corrected chi connectivity index (χ2v) is 4.91. The normalized spacial score (nSPS) is 10.3. The lowest BCUT2D eigenvalue weighted by Gasteiger charge is -2.07. The Morgan fingerprint density at radius 2 is 1.73 bits per heavy atom. The summed E-state index contributed by atoms with van der Waals surface area (Å²) in [6.45, 7) is -3.70. The molecule has 0 aliphatic carbocycles. The Morgan fingerprint density at radius 1 is 1.04 bits per heavy atom. The van der Waals surface area contributed by atoms with E-state index >= 15 is 0 Å². The van der Waals surface area contributed by atoms with Crippen LogP contribution in [0.5, 0.6) is 11.5 Å². The van der Waals surface area contributed by atoms with E-state index in [-0.39, 0.29) is 22.6 Å². The Labute approximate surface area is 146 Å². The summed E-state index contributed by atoms with van der Waals surface area (Å²) in [6.07, 6.45) is 0. The van der Waals surface area contributed by atoms with Gasteiger partial charge < -0.3 is 14.6 Å². The number of rotatable bonds is 6. The van der Waals surface area contributed by atoms with Gasteiger partial charge in [0.25, 0.3) is 11.8 Å². The lowest BCUT2D eigenvalue weighted by atomic mass is 10.2. The summed E-state index contributed by atoms with van der Waals surface area (Å²) in [6, 6.07) is 10.0. The Hall–Kier alpha value is -3.49. The van der Waals surface area contributed by atoms with Crippen LogP contribution in [0.2, 0.25) is 0 Å². The number of aromatic hydroxyl groups is 1. The minimum Gasteiger partial charge on any atom is -0.508 e. The van der Waals surface area contributed by atoms with Crippen LogP contribution < -0.4 is 10.1 Å². The van der Waals surface area contributed by atoms with Gasteiger partial charge in [-0.05, 0) is 42.5 Å². The number of amides is 2. The van der Waals surface area contributed by atoms with Crippen molar-refractivity contribution in [2.24, 2.45) is 0 Å². The number of carbonyl (C=O) groups excluding carboxylic acids is 3. The van der Waals surface area contributed by atoms with Gasteiger partial charge in [-0.2, -0.15) is 8.78 Å². The molecule has 0 fully saturated rings. The van der Waals surface area contributed by atoms with Crippen molar-refractivity contribution >= 4 is 17.8 Å². The summed E-state index contributed by atoms with van der Waals surface area (Å²) in [5.41, 5.74) is 0.0676. The molecule has 0 unspecified atom stereocenters. The molecule has 0 saturated heterocycles. The second kappa shape index (κ2) is 8.56. The van der Waals surface area contributed by atoms with Gasteiger partial charge in [0, 0.05) is 5.56 Å². The van der Waals surface area contributed by atoms with Crippen molar-refractivity contribution < 1.29 is 37.7 Å². The van der Waals surface area contributed by atoms with Crippen LogP contribution in [0.4, 0.5) is 8.78 Å². The molecular weight excluding hydrogens is 352 g/mol. The molecule has 0 bridgehead atoms. The number of nitrogens with one attached hydrogen (secondary N) is 1. The van der Waals surface area contributed by atoms with Crippen molar-refractivity contribution in [1.82, 2.24) is 5.32 Å². The van der Waals surface area contributed by atoms with Gasteiger partial charge in [0.15, 0.2) is 6.61 Å². The summed E-state index contributed by atoms with van der Waals surface area (Å²) in [5.74, 6) is -2.80. The highest BCUT2D eigenvalue weighted by Gasteiger charge is 2.14. The van der Waals surface area contributed by atoms with Gasteiger partial charge in [0.05, 0.1) is 5.56 Å². The zero-order valence-corrected chi connectivity index (χ0v) is 13.1. The number of halogens is 2. The SMILES string of the molecule is O=C(COC(=O)c1cccc(O)c1)NC(=O)c1ccc(OC(F)F)cc1. The maximum atomic E-state index is 12.0. The van der Waals surface area contributed by atoms with Gasteiger partial charge in [-0.1, -0.05) is 6.07 Å². The third-order valence-corrected chi connectivity index (χ3v) is 3.01. The average molecular weight is 365 g/mol. The Balaban J connectivity index is 1.85. The highest BCUT2D eigenvalue weighted by molar-refractivity contribution is 6.05. The number of benzene rings is 2. The van der Waals surface area contributed by atoms with Crippen molar-refractivity contribution in [2.75, 3.05) is 6.61 Å². The molecule has 136 valence electrons. The van der Waals surface area contributed by atoms with Crippen molar-refractivity contribution in [1.29, 1.82) is 0 Å². The fourth-order valence-corrected chi connectivity index (χ4v) is 1.87. The van der Waals surface area contributed by atoms with E-state index in [9.17, 15) is 28.3 Å². The lowest BCUT2D eigenvalue weighted by Crippen LogP contribution is -2.34. The van der Waals surface area contributed by atoms with Crippen LogP contribution in [0.1, 0.15) is 20.7 Å². The van der Waals surface area contributed by atoms with Crippen LogP contribution in [-0.4, -0.2) is 36.1 Å². The summed E-state index contributed by atoms with van der Waals surface area (Å²) in [4.78, 5) is 35.2. The van der Waals surface area contributed by atoms with Crippen LogP contribution in [-0.2, 0) is 9.53 Å². The molecule has 2 N–H and O–H groups in total. The number of hydrogen-bond acceptors (Lipinski definition) is 6. The Morgan fingerprint density at radius 3 is 2.35 bits per heavy atom. The summed E-state index contributed by atoms with van der Waals surface area (Å²) >= 11 is 0. The highest BCUT2D eigenvalue weighted by Crippen LogP contribution is 2.15. The Bertz CT molecular complexity index is 807. The molecule has 26 heavy (non-hydrogen) atoms. The smallest absolute Gasteiger partial charge is 0.387 e. The maximum absolute atomic E-state index is 12.0. The zero-order chi connectivity index (χ0) is 19.1. The molecule has 0 spiro atoms. The van der Waals surface area contributed by atoms with Gasteiger partial charge in [0.2, 0.25) is 0 Å². The summed E-state index contributed by atoms with van der Waals surface area (Å²) in [5, 5.41) is 11.3. The minimum absolute atomic E-state index is 0.0271. The van der Waals surface area contributed by atoms with Crippen molar-refractivity contribution in [3.8, 4) is 11.5 Å². The van der Waals surface area contributed by atoms with Crippen molar-refractivity contribution in [3.05, 3.63) is 59.7 Å². The first-order valence-corrected chi connectivity index (χ1v) is 7.20. The van der Waals surface area contributed by atoms with Crippen LogP contribution in [0.15, 0.2) is 48.5 Å². The number of phenolic OH excluding ortho intramolecular Hbond substituents is 1. The molecule has 0 aliphatic rings. The number of hydrogen-bond donors (Lipinski definition) is 2. The largest absolute Gasteiger partial charge is 0.508 e. The molecule has 9 heteroatoms. The van der Waals surface area contributed by atoms with E-state index in [1.54, 1.807) is 0 Å². The molecule has 2 aromatic carbocycles. The first-order chi connectivity index (χ1) is 12.3. The predicted octanol–water partition coefficient (Wildman–Crippen LogP) is 2.11. The number of alkyl halides is 2. The molecule has 2 aromatic rings. The van der Waals surface area contributed by atoms with E-state index in [1.807, 2.05) is 5.32 Å². The van der Waals surface area contributed by atoms with E-state index in [4.69, 9.17) is 4.74 Å². The van der Waals surface area contributed by atoms with Gasteiger partial charge in [-0.25, -0.2) is 4.79 Å². The number of phenols is 1. The van der Waals surface area contributed by atoms with Crippen LogP contribution in [0, 0.1) is 0 Å². The second-order valence-electron chi connectivity index (χ2n) is 4.91. The lowest BCUT2D eigenvalue weighted by molar-refractivity contribution is -0.123. The average Bonchev–Trinajstić information content (AvgIpc) is 2.59. The maximum Gasteiger partial charge on any atom is 0.387 e. The summed E-state index contributed by atoms with van der Waals surface area (Å²) < 4.78 is 33.0. The first kappa shape index (κ1) is 18.8. The van der Waals surface area contributed by atoms with Crippen LogP contribution >= 0.6 is 0 Å². The van der Waals surface area contributed by atoms with Crippen molar-refractivity contribution in [2.45, 2.75) is 6.61 Å². The minimum atomic E-state index is -2.99. The van der Waals surface area contributed by atoms with Crippen LogP contribution in [0.25, 0.3) is 0 Å². The first-order valence-electron chi connectivity index (χ1n) is 7.20. The summed E-state index contributed by atoms with van der Waals surface area (Å²) in [7, 11) is 0. The van der Waals surface area contributed by atoms with E-state index in [0.717, 1.165) is 18.2 Å². The van der Waals surface area contributed by atoms with Gasteiger partial charge in [-0.15, -0.1) is 0 Å². The van der Waals surface area contributed by atoms with E-state index in [0.29, 0.717) is 0 Å². The third-order valence-electron chi connectivity index (χ3n) is 3.01. The van der Waals surface area contributed by atoms with Gasteiger partial charge >= 0.3 is 12.6 Å². The molecule has 2 amide bonds. The Kier molecular flexibility index (Phi) is 6.20. The molecular formula is C17H13F2NO6. The standard InChI is InChI=1S/C17H13F2NO6/c18-17(19)26-13-6-4-10(5-7-13)15(23)20-14(22)9-25-16(24)11-2-1-3-12(21)8-11/h1-8,17,21H,9H2,(H,20,22,23). The number of ether oxygens (including phenoxy) is 2. The molecule has 0 aromatic heterocycles. The molecule has 0 heterocycles. The quantitative estimate of drug-likeness (QED) is 0.760. The van der Waals surface area contributed by atoms with Crippen molar-refractivity contribution in [3.63, 3.8) is 0 Å². The fraction of sp³-hybridized carbons (Fsp3) is 0.118. The highest BCUT2D eigenvalue weighted by atomic mass is 19.3. The van der Waals surface area contributed by atoms with Crippen LogP contribution in [0.3, 0.4) is 0 Å². The zero-order valence-electron chi connectivity index (χ0n) is 13.1. The van der Waals surface area contributed by atoms with E-state index in [2.05, 4.69) is 4.74 Å². The molecule has 0 atom stereocenters. The molecule has 0 aliphatic heterocycles. The topological polar surface area (TPSA) is 102 Å². The van der Waals surface area contributed by atoms with Gasteiger partial charge in [0.1, 0.15) is 11.5 Å².